The molecule has 3 rings (SSSR count). The van der Waals surface area contributed by atoms with E-state index in [0.29, 0.717) is 0 Å². The second kappa shape index (κ2) is 14.5. The van der Waals surface area contributed by atoms with Gasteiger partial charge < -0.3 is 4.74 Å². The summed E-state index contributed by atoms with van der Waals surface area (Å²) in [6.45, 7) is 4.18. The lowest BCUT2D eigenvalue weighted by atomic mass is 10.1. The highest BCUT2D eigenvalue weighted by molar-refractivity contribution is 7.94. The Morgan fingerprint density at radius 2 is 1.34 bits per heavy atom. The van der Waals surface area contributed by atoms with Gasteiger partial charge in [-0.2, -0.15) is 0 Å². The summed E-state index contributed by atoms with van der Waals surface area (Å²) < 4.78 is 5.52. The first kappa shape index (κ1) is 26.7. The molecule has 0 aliphatic rings. The van der Waals surface area contributed by atoms with E-state index in [9.17, 15) is 0 Å². The molecule has 0 bridgehead atoms. The van der Waals surface area contributed by atoms with Gasteiger partial charge in [-0.25, -0.2) is 0 Å². The monoisotopic (exact) mass is 482 g/mol. The Morgan fingerprint density at radius 3 is 1.80 bits per heavy atom. The van der Waals surface area contributed by atoms with Crippen molar-refractivity contribution < 1.29 is 4.74 Å². The summed E-state index contributed by atoms with van der Waals surface area (Å²) in [4.78, 5) is 0. The molecule has 1 atom stereocenters. The number of methoxy groups -OCH3 is 1. The molecule has 0 saturated heterocycles. The van der Waals surface area contributed by atoms with Gasteiger partial charge in [0.15, 0.2) is 0 Å². The molecule has 0 unspecified atom stereocenters. The zero-order valence-corrected chi connectivity index (χ0v) is 22.1. The van der Waals surface area contributed by atoms with Crippen LogP contribution in [-0.2, 0) is 4.74 Å². The van der Waals surface area contributed by atoms with Crippen LogP contribution in [0.5, 0.6) is 0 Å². The number of unbranched alkanes of at least 4 members (excludes halogenated alkanes) is 1. The van der Waals surface area contributed by atoms with Gasteiger partial charge in [-0.05, 0) is 61.8 Å². The van der Waals surface area contributed by atoms with Crippen LogP contribution >= 0.6 is 6.89 Å². The van der Waals surface area contributed by atoms with Gasteiger partial charge in [0, 0.05) is 7.11 Å². The number of rotatable bonds is 13. The van der Waals surface area contributed by atoms with Gasteiger partial charge in [-0.3, -0.25) is 0 Å². The highest BCUT2D eigenvalue weighted by Crippen LogP contribution is 2.44. The Balaban J connectivity index is 1.82. The summed E-state index contributed by atoms with van der Waals surface area (Å²) >= 11 is 0. The minimum atomic E-state index is -1.85. The van der Waals surface area contributed by atoms with Crippen LogP contribution in [0.1, 0.15) is 39.0 Å². The van der Waals surface area contributed by atoms with Crippen LogP contribution in [0.4, 0.5) is 0 Å². The standard InChI is InChI=1S/C33H39OP/c1-4-18-30(34-3)27-26-29(2)19-10-5-6-17-28-35(31-20-11-7-12-21-31,32-22-13-8-14-23-32)33-24-15-9-16-25-33/h4-5,7-16,19-25,28,30H,1,6,17-18,26-27H2,2-3H3/b10-5+,29-19+/t30-/m0/s1. The minimum Gasteiger partial charge on any atom is -0.381 e. The number of ether oxygens (including phenoxy) is 1. The Hall–Kier alpha value is -2.86. The second-order valence-electron chi connectivity index (χ2n) is 8.85. The first-order valence-corrected chi connectivity index (χ1v) is 14.4. The number of benzene rings is 3. The summed E-state index contributed by atoms with van der Waals surface area (Å²) in [5.74, 6) is 2.60. The normalized spacial score (nSPS) is 13.0. The molecule has 0 N–H and O–H groups in total. The maximum Gasteiger partial charge on any atom is 0.0608 e. The quantitative estimate of drug-likeness (QED) is 0.106. The van der Waals surface area contributed by atoms with Gasteiger partial charge in [0.1, 0.15) is 0 Å². The third-order valence-electron chi connectivity index (χ3n) is 6.37. The Bertz CT molecular complexity index is 1020. The minimum absolute atomic E-state index is 0.264. The zero-order chi connectivity index (χ0) is 24.8. The predicted octanol–water partition coefficient (Wildman–Crippen LogP) is 7.44. The molecule has 0 radical (unpaired) electrons. The molecule has 35 heavy (non-hydrogen) atoms. The zero-order valence-electron chi connectivity index (χ0n) is 21.2. The van der Waals surface area contributed by atoms with Crippen molar-refractivity contribution in [2.75, 3.05) is 7.11 Å². The van der Waals surface area contributed by atoms with E-state index >= 15 is 0 Å². The third-order valence-corrected chi connectivity index (χ3v) is 10.5. The van der Waals surface area contributed by atoms with E-state index in [1.165, 1.54) is 21.5 Å². The van der Waals surface area contributed by atoms with Gasteiger partial charge in [0.05, 0.1) is 6.10 Å². The van der Waals surface area contributed by atoms with Crippen molar-refractivity contribution in [1.29, 1.82) is 0 Å². The molecule has 2 heteroatoms. The highest BCUT2D eigenvalue weighted by Gasteiger charge is 2.24. The van der Waals surface area contributed by atoms with Crippen molar-refractivity contribution in [2.45, 2.75) is 45.1 Å². The van der Waals surface area contributed by atoms with Crippen LogP contribution in [0.3, 0.4) is 0 Å². The van der Waals surface area contributed by atoms with E-state index in [1.807, 2.05) is 6.08 Å². The third kappa shape index (κ3) is 7.56. The maximum atomic E-state index is 5.52. The molecule has 1 nitrogen and oxygen atoms in total. The molecule has 0 amide bonds. The molecule has 182 valence electrons. The van der Waals surface area contributed by atoms with Crippen LogP contribution in [-0.4, -0.2) is 19.0 Å². The van der Waals surface area contributed by atoms with E-state index in [4.69, 9.17) is 4.74 Å². The first-order valence-electron chi connectivity index (χ1n) is 12.6. The molecule has 0 aromatic heterocycles. The van der Waals surface area contributed by atoms with E-state index in [1.54, 1.807) is 7.11 Å². The summed E-state index contributed by atoms with van der Waals surface area (Å²) in [5, 5.41) is 4.22. The van der Waals surface area contributed by atoms with Crippen molar-refractivity contribution in [3.05, 3.63) is 127 Å². The van der Waals surface area contributed by atoms with Gasteiger partial charge in [-0.15, -0.1) is 6.58 Å². The van der Waals surface area contributed by atoms with Crippen molar-refractivity contribution in [2.24, 2.45) is 0 Å². The lowest BCUT2D eigenvalue weighted by Crippen LogP contribution is -2.26. The van der Waals surface area contributed by atoms with Crippen LogP contribution < -0.4 is 15.9 Å². The predicted molar refractivity (Wildman–Crippen MR) is 158 cm³/mol. The molecule has 0 fully saturated rings. The summed E-state index contributed by atoms with van der Waals surface area (Å²) in [6, 6.07) is 33.1. The van der Waals surface area contributed by atoms with Crippen molar-refractivity contribution >= 4 is 28.6 Å². The Morgan fingerprint density at radius 1 is 0.829 bits per heavy atom. The van der Waals surface area contributed by atoms with E-state index in [2.05, 4.69) is 129 Å². The molecular formula is C33H39OP. The summed E-state index contributed by atoms with van der Waals surface area (Å²) in [6.07, 6.45) is 14.0. The topological polar surface area (TPSA) is 9.23 Å². The SMILES string of the molecule is C=CC[C@@H](CC/C(C)=C/C=C/CCC=P(c1ccccc1)(c1ccccc1)c1ccccc1)OC. The molecule has 0 spiro atoms. The lowest BCUT2D eigenvalue weighted by Gasteiger charge is -2.28. The number of hydrogen-bond acceptors (Lipinski definition) is 1. The molecule has 0 saturated carbocycles. The maximum absolute atomic E-state index is 5.52. The lowest BCUT2D eigenvalue weighted by molar-refractivity contribution is 0.0981. The molecule has 0 aliphatic heterocycles. The Kier molecular flexibility index (Phi) is 11.1. The summed E-state index contributed by atoms with van der Waals surface area (Å²) in [5.41, 5.74) is 1.39. The second-order valence-corrected chi connectivity index (χ2v) is 12.2. The fourth-order valence-electron chi connectivity index (χ4n) is 4.44. The average molecular weight is 483 g/mol. The molecule has 3 aromatic carbocycles. The Labute approximate surface area is 212 Å². The summed E-state index contributed by atoms with van der Waals surface area (Å²) in [7, 11) is 1.78. The van der Waals surface area contributed by atoms with Crippen LogP contribution in [0.25, 0.3) is 0 Å². The average Bonchev–Trinajstić information content (AvgIpc) is 2.92. The van der Waals surface area contributed by atoms with Gasteiger partial charge in [-0.1, -0.05) is 127 Å². The van der Waals surface area contributed by atoms with Crippen molar-refractivity contribution in [3.63, 3.8) is 0 Å². The number of allylic oxidation sites excluding steroid dienone is 4. The van der Waals surface area contributed by atoms with Gasteiger partial charge >= 0.3 is 0 Å². The van der Waals surface area contributed by atoms with E-state index in [0.717, 1.165) is 32.1 Å². The first-order chi connectivity index (χ1) is 17.2. The molecular weight excluding hydrogens is 443 g/mol. The molecule has 0 aliphatic carbocycles. The van der Waals surface area contributed by atoms with Crippen LogP contribution in [0, 0.1) is 0 Å². The van der Waals surface area contributed by atoms with Gasteiger partial charge in [0.25, 0.3) is 0 Å². The molecule has 0 heterocycles. The van der Waals surface area contributed by atoms with Crippen molar-refractivity contribution in [3.8, 4) is 0 Å². The number of hydrogen-bond donors (Lipinski definition) is 0. The highest BCUT2D eigenvalue weighted by atomic mass is 31.2. The van der Waals surface area contributed by atoms with E-state index in [-0.39, 0.29) is 6.10 Å². The smallest absolute Gasteiger partial charge is 0.0608 e. The fourth-order valence-corrected chi connectivity index (χ4v) is 8.43. The van der Waals surface area contributed by atoms with Crippen LogP contribution in [0.2, 0.25) is 0 Å². The van der Waals surface area contributed by atoms with E-state index < -0.39 is 6.89 Å². The van der Waals surface area contributed by atoms with Gasteiger partial charge in [0.2, 0.25) is 0 Å². The molecule has 3 aromatic rings. The van der Waals surface area contributed by atoms with Crippen molar-refractivity contribution in [1.82, 2.24) is 0 Å². The van der Waals surface area contributed by atoms with Crippen LogP contribution in [0.15, 0.2) is 127 Å². The largest absolute Gasteiger partial charge is 0.381 e. The fraction of sp³-hybridized carbons (Fsp3) is 0.242.